The molecule has 1 N–H and O–H groups in total. The maximum atomic E-state index is 5.41. The Morgan fingerprint density at radius 3 is 2.11 bits per heavy atom. The quantitative estimate of drug-likeness (QED) is 0.756. The van der Waals surface area contributed by atoms with Crippen LogP contribution >= 0.6 is 0 Å². The molecule has 0 spiro atoms. The lowest BCUT2D eigenvalue weighted by atomic mass is 10.0. The van der Waals surface area contributed by atoms with Gasteiger partial charge in [0.1, 0.15) is 5.75 Å². The van der Waals surface area contributed by atoms with Crippen LogP contribution in [-0.4, -0.2) is 28.4 Å². The molecule has 100 valence electrons. The molecule has 4 nitrogen and oxygen atoms in total. The standard InChI is InChI=1S/C14H21NO3/c1-6-7-11(15-2)10-8-13(17-4)14(18-5)9-12(10)16-3/h6,8-9,11,15H,1,7H2,2-5H3. The molecule has 0 aliphatic carbocycles. The van der Waals surface area contributed by atoms with Gasteiger partial charge in [-0.3, -0.25) is 0 Å². The fourth-order valence-electron chi connectivity index (χ4n) is 1.89. The van der Waals surface area contributed by atoms with Gasteiger partial charge in [-0.1, -0.05) is 6.08 Å². The summed E-state index contributed by atoms with van der Waals surface area (Å²) in [5.41, 5.74) is 1.03. The second kappa shape index (κ2) is 6.91. The first-order valence-corrected chi connectivity index (χ1v) is 5.79. The Bertz CT molecular complexity index is 404. The van der Waals surface area contributed by atoms with Crippen LogP contribution in [0, 0.1) is 0 Å². The van der Waals surface area contributed by atoms with E-state index >= 15 is 0 Å². The molecule has 0 aliphatic rings. The number of ether oxygens (including phenoxy) is 3. The minimum atomic E-state index is 0.136. The van der Waals surface area contributed by atoms with E-state index in [4.69, 9.17) is 14.2 Å². The van der Waals surface area contributed by atoms with Gasteiger partial charge in [-0.25, -0.2) is 0 Å². The van der Waals surface area contributed by atoms with Crippen molar-refractivity contribution in [1.29, 1.82) is 0 Å². The number of methoxy groups -OCH3 is 3. The van der Waals surface area contributed by atoms with Crippen molar-refractivity contribution in [2.75, 3.05) is 28.4 Å². The highest BCUT2D eigenvalue weighted by atomic mass is 16.5. The van der Waals surface area contributed by atoms with E-state index in [1.54, 1.807) is 21.3 Å². The summed E-state index contributed by atoms with van der Waals surface area (Å²) in [6.07, 6.45) is 2.68. The highest BCUT2D eigenvalue weighted by Crippen LogP contribution is 2.38. The van der Waals surface area contributed by atoms with Gasteiger partial charge in [0.2, 0.25) is 0 Å². The first-order valence-electron chi connectivity index (χ1n) is 5.79. The van der Waals surface area contributed by atoms with Gasteiger partial charge in [0, 0.05) is 17.7 Å². The molecule has 1 aromatic rings. The predicted octanol–water partition coefficient (Wildman–Crippen LogP) is 2.55. The molecule has 0 fully saturated rings. The average Bonchev–Trinajstić information content (AvgIpc) is 2.43. The molecule has 0 saturated carbocycles. The van der Waals surface area contributed by atoms with Crippen molar-refractivity contribution in [1.82, 2.24) is 5.32 Å². The Morgan fingerprint density at radius 2 is 1.67 bits per heavy atom. The maximum Gasteiger partial charge on any atom is 0.164 e. The van der Waals surface area contributed by atoms with E-state index in [1.165, 1.54) is 0 Å². The van der Waals surface area contributed by atoms with Crippen molar-refractivity contribution in [3.05, 3.63) is 30.4 Å². The lowest BCUT2D eigenvalue weighted by Gasteiger charge is -2.20. The van der Waals surface area contributed by atoms with Crippen LogP contribution in [0.2, 0.25) is 0 Å². The fraction of sp³-hybridized carbons (Fsp3) is 0.429. The third-order valence-corrected chi connectivity index (χ3v) is 2.86. The zero-order valence-electron chi connectivity index (χ0n) is 11.4. The summed E-state index contributed by atoms with van der Waals surface area (Å²) in [5.74, 6) is 2.12. The van der Waals surface area contributed by atoms with Crippen LogP contribution in [0.4, 0.5) is 0 Å². The molecule has 0 aromatic heterocycles. The molecular formula is C14H21NO3. The smallest absolute Gasteiger partial charge is 0.164 e. The van der Waals surface area contributed by atoms with Crippen molar-refractivity contribution in [3.63, 3.8) is 0 Å². The first-order chi connectivity index (χ1) is 8.71. The van der Waals surface area contributed by atoms with Gasteiger partial charge in [-0.2, -0.15) is 0 Å². The molecular weight excluding hydrogens is 230 g/mol. The molecule has 0 aliphatic heterocycles. The van der Waals surface area contributed by atoms with Crippen molar-refractivity contribution in [3.8, 4) is 17.2 Å². The second-order valence-electron chi connectivity index (χ2n) is 3.81. The Balaban J connectivity index is 3.27. The van der Waals surface area contributed by atoms with Crippen LogP contribution < -0.4 is 19.5 Å². The van der Waals surface area contributed by atoms with Gasteiger partial charge in [0.05, 0.1) is 21.3 Å². The summed E-state index contributed by atoms with van der Waals surface area (Å²) in [6, 6.07) is 3.90. The third kappa shape index (κ3) is 2.96. The largest absolute Gasteiger partial charge is 0.496 e. The van der Waals surface area contributed by atoms with E-state index in [-0.39, 0.29) is 6.04 Å². The summed E-state index contributed by atoms with van der Waals surface area (Å²) >= 11 is 0. The Morgan fingerprint density at radius 1 is 1.11 bits per heavy atom. The topological polar surface area (TPSA) is 39.7 Å². The van der Waals surface area contributed by atoms with Crippen LogP contribution in [0.3, 0.4) is 0 Å². The van der Waals surface area contributed by atoms with Gasteiger partial charge in [0.15, 0.2) is 11.5 Å². The second-order valence-corrected chi connectivity index (χ2v) is 3.81. The number of rotatable bonds is 7. The van der Waals surface area contributed by atoms with Gasteiger partial charge in [-0.05, 0) is 19.5 Å². The van der Waals surface area contributed by atoms with E-state index < -0.39 is 0 Å². The average molecular weight is 251 g/mol. The number of nitrogens with one attached hydrogen (secondary N) is 1. The Hall–Kier alpha value is -1.68. The van der Waals surface area contributed by atoms with Crippen LogP contribution in [0.15, 0.2) is 24.8 Å². The zero-order valence-corrected chi connectivity index (χ0v) is 11.4. The van der Waals surface area contributed by atoms with Crippen LogP contribution in [0.1, 0.15) is 18.0 Å². The van der Waals surface area contributed by atoms with Gasteiger partial charge < -0.3 is 19.5 Å². The van der Waals surface area contributed by atoms with Gasteiger partial charge >= 0.3 is 0 Å². The molecule has 1 aromatic carbocycles. The summed E-state index contributed by atoms with van der Waals surface area (Å²) in [7, 11) is 6.78. The SMILES string of the molecule is C=CCC(NC)c1cc(OC)c(OC)cc1OC. The van der Waals surface area contributed by atoms with Crippen LogP contribution in [0.25, 0.3) is 0 Å². The van der Waals surface area contributed by atoms with E-state index in [0.717, 1.165) is 17.7 Å². The summed E-state index contributed by atoms with van der Waals surface area (Å²) in [5, 5.41) is 3.24. The molecule has 1 atom stereocenters. The number of benzene rings is 1. The highest BCUT2D eigenvalue weighted by Gasteiger charge is 2.17. The molecule has 1 unspecified atom stereocenters. The minimum Gasteiger partial charge on any atom is -0.496 e. The lowest BCUT2D eigenvalue weighted by molar-refractivity contribution is 0.345. The highest BCUT2D eigenvalue weighted by molar-refractivity contribution is 5.51. The van der Waals surface area contributed by atoms with Crippen LogP contribution in [-0.2, 0) is 0 Å². The maximum absolute atomic E-state index is 5.41. The molecule has 0 saturated heterocycles. The molecule has 0 radical (unpaired) electrons. The van der Waals surface area contributed by atoms with Gasteiger partial charge in [0.25, 0.3) is 0 Å². The Kier molecular flexibility index (Phi) is 5.52. The number of hydrogen-bond acceptors (Lipinski definition) is 4. The fourth-order valence-corrected chi connectivity index (χ4v) is 1.89. The van der Waals surface area contributed by atoms with Gasteiger partial charge in [-0.15, -0.1) is 6.58 Å². The zero-order chi connectivity index (χ0) is 13.5. The number of hydrogen-bond donors (Lipinski definition) is 1. The molecule has 18 heavy (non-hydrogen) atoms. The van der Waals surface area contributed by atoms with Crippen LogP contribution in [0.5, 0.6) is 17.2 Å². The molecule has 0 amide bonds. The van der Waals surface area contributed by atoms with E-state index in [0.29, 0.717) is 11.5 Å². The van der Waals surface area contributed by atoms with E-state index in [1.807, 2.05) is 25.3 Å². The Labute approximate surface area is 109 Å². The van der Waals surface area contributed by atoms with Crippen molar-refractivity contribution < 1.29 is 14.2 Å². The first kappa shape index (κ1) is 14.4. The predicted molar refractivity (Wildman–Crippen MR) is 72.7 cm³/mol. The normalized spacial score (nSPS) is 11.8. The lowest BCUT2D eigenvalue weighted by Crippen LogP contribution is -2.16. The molecule has 0 heterocycles. The molecule has 0 bridgehead atoms. The summed E-state index contributed by atoms with van der Waals surface area (Å²) in [6.45, 7) is 3.77. The minimum absolute atomic E-state index is 0.136. The third-order valence-electron chi connectivity index (χ3n) is 2.86. The summed E-state index contributed by atoms with van der Waals surface area (Å²) in [4.78, 5) is 0. The molecule has 1 rings (SSSR count). The monoisotopic (exact) mass is 251 g/mol. The van der Waals surface area contributed by atoms with Crippen molar-refractivity contribution >= 4 is 0 Å². The van der Waals surface area contributed by atoms with E-state index in [9.17, 15) is 0 Å². The van der Waals surface area contributed by atoms with E-state index in [2.05, 4.69) is 11.9 Å². The van der Waals surface area contributed by atoms with Crippen molar-refractivity contribution in [2.45, 2.75) is 12.5 Å². The summed E-state index contributed by atoms with van der Waals surface area (Å²) < 4.78 is 16.0. The van der Waals surface area contributed by atoms with Crippen molar-refractivity contribution in [2.24, 2.45) is 0 Å². The molecule has 4 heteroatoms.